The number of aromatic hydroxyl groups is 1. The molecule has 3 aromatic rings. The summed E-state index contributed by atoms with van der Waals surface area (Å²) < 4.78 is 75.9. The van der Waals surface area contributed by atoms with E-state index in [4.69, 9.17) is 9.15 Å². The summed E-state index contributed by atoms with van der Waals surface area (Å²) in [4.78, 5) is 35.8. The maximum atomic E-state index is 13.4. The third-order valence-electron chi connectivity index (χ3n) is 7.66. The van der Waals surface area contributed by atoms with Crippen LogP contribution in [-0.4, -0.2) is 57.1 Å². The number of phenolic OH excluding ortho intramolecular Hbond substituents is 1. The van der Waals surface area contributed by atoms with Crippen molar-refractivity contribution in [3.8, 4) is 11.5 Å². The third-order valence-corrected chi connectivity index (χ3v) is 8.93. The lowest BCUT2D eigenvalue weighted by Crippen LogP contribution is -2.36. The van der Waals surface area contributed by atoms with E-state index in [0.717, 1.165) is 30.7 Å². The van der Waals surface area contributed by atoms with Gasteiger partial charge in [0.2, 0.25) is 5.76 Å². The number of benzene rings is 2. The molecule has 3 rings (SSSR count). The van der Waals surface area contributed by atoms with Crippen molar-refractivity contribution < 1.29 is 56.0 Å². The molecule has 0 spiro atoms. The molecule has 8 nitrogen and oxygen atoms in total. The van der Waals surface area contributed by atoms with Gasteiger partial charge in [0.1, 0.15) is 17.1 Å². The van der Waals surface area contributed by atoms with Gasteiger partial charge in [-0.2, -0.15) is 22.0 Å². The number of carbonyl (C=O) groups excluding carboxylic acids is 1. The van der Waals surface area contributed by atoms with Gasteiger partial charge in [0.05, 0.1) is 28.9 Å². The van der Waals surface area contributed by atoms with Gasteiger partial charge in [0, 0.05) is 22.9 Å². The van der Waals surface area contributed by atoms with Crippen molar-refractivity contribution in [3.05, 3.63) is 87.8 Å². The van der Waals surface area contributed by atoms with Crippen LogP contribution in [0.15, 0.2) is 74.8 Å². The Bertz CT molecular complexity index is 1750. The topological polar surface area (TPSA) is 134 Å². The number of alkyl halides is 5. The van der Waals surface area contributed by atoms with E-state index >= 15 is 0 Å². The summed E-state index contributed by atoms with van der Waals surface area (Å²) >= 11 is 1.03. The first kappa shape index (κ1) is 40.3. The van der Waals surface area contributed by atoms with Gasteiger partial charge in [0.15, 0.2) is 11.2 Å². The predicted molar refractivity (Wildman–Crippen MR) is 180 cm³/mol. The minimum absolute atomic E-state index is 0.0303. The zero-order chi connectivity index (χ0) is 37.1. The fraction of sp³-hybridized carbons (Fsp3) is 0.417. The molecule has 0 aliphatic carbocycles. The number of hydrogen-bond acceptors (Lipinski definition) is 8. The number of unbranched alkanes of at least 4 members (excludes halogenated alkanes) is 2. The van der Waals surface area contributed by atoms with Crippen LogP contribution >= 0.6 is 11.8 Å². The van der Waals surface area contributed by atoms with Crippen LogP contribution < -0.4 is 10.2 Å². The molecular formula is C36H39F5O8S. The van der Waals surface area contributed by atoms with Crippen LogP contribution in [-0.2, 0) is 6.42 Å². The molecule has 0 fully saturated rings. The minimum Gasteiger partial charge on any atom is -0.507 e. The standard InChI is InChI=1S/C36H39F5O8S/c1-3-11-26-29(17-16-24(22(2)42)33(26)45)48-19-9-7-5-4-6-8-13-32(27(43)12-10-18-35(37,38)36(39,40)41)50-23-14-15-25-28(44)21-31(34(46)47)49-30(25)20-23/h4,6,8,13-17,20-21,27,32,43,45H,3,5,7,9-12,18-19H2,1-2H3,(H,46,47)/b6-4-,13-8+/t27-,32+/m1/s1. The highest BCUT2D eigenvalue weighted by molar-refractivity contribution is 8.00. The summed E-state index contributed by atoms with van der Waals surface area (Å²) in [5.74, 6) is -6.70. The van der Waals surface area contributed by atoms with Crippen molar-refractivity contribution in [1.29, 1.82) is 0 Å². The number of aliphatic hydroxyl groups is 1. The highest BCUT2D eigenvalue weighted by atomic mass is 32.2. The Balaban J connectivity index is 1.64. The molecule has 14 heteroatoms. The van der Waals surface area contributed by atoms with Gasteiger partial charge < -0.3 is 24.5 Å². The number of ether oxygens (including phenoxy) is 1. The van der Waals surface area contributed by atoms with Gasteiger partial charge in [-0.1, -0.05) is 37.6 Å². The van der Waals surface area contributed by atoms with E-state index in [0.29, 0.717) is 42.1 Å². The molecule has 1 aromatic heterocycles. The van der Waals surface area contributed by atoms with Crippen molar-refractivity contribution in [3.63, 3.8) is 0 Å². The molecule has 0 aliphatic heterocycles. The maximum Gasteiger partial charge on any atom is 0.453 e. The fourth-order valence-corrected chi connectivity index (χ4v) is 6.08. The summed E-state index contributed by atoms with van der Waals surface area (Å²) in [6, 6.07) is 8.38. The average Bonchev–Trinajstić information content (AvgIpc) is 3.03. The van der Waals surface area contributed by atoms with Gasteiger partial charge >= 0.3 is 18.1 Å². The number of Topliss-reactive ketones (excluding diaryl/α,β-unsaturated/α-hetero) is 1. The van der Waals surface area contributed by atoms with E-state index in [9.17, 15) is 51.7 Å². The number of hydrogen-bond donors (Lipinski definition) is 3. The molecule has 0 saturated carbocycles. The molecule has 2 atom stereocenters. The van der Waals surface area contributed by atoms with Crippen LogP contribution in [0.4, 0.5) is 22.0 Å². The second-order valence-corrected chi connectivity index (χ2v) is 12.8. The molecule has 0 saturated heterocycles. The number of carbonyl (C=O) groups is 2. The summed E-state index contributed by atoms with van der Waals surface area (Å²) in [5.41, 5.74) is 0.224. The number of phenols is 1. The average molecular weight is 727 g/mol. The molecule has 1 heterocycles. The number of aromatic carboxylic acids is 1. The van der Waals surface area contributed by atoms with Gasteiger partial charge in [-0.25, -0.2) is 4.79 Å². The summed E-state index contributed by atoms with van der Waals surface area (Å²) in [6.45, 7) is 3.71. The second-order valence-electron chi connectivity index (χ2n) is 11.6. The van der Waals surface area contributed by atoms with Crippen molar-refractivity contribution >= 4 is 34.5 Å². The number of allylic oxidation sites excluding steroid dienone is 3. The van der Waals surface area contributed by atoms with Gasteiger partial charge in [-0.05, 0) is 75.8 Å². The van der Waals surface area contributed by atoms with Crippen LogP contribution in [0.3, 0.4) is 0 Å². The lowest BCUT2D eigenvalue weighted by Gasteiger charge is -2.22. The van der Waals surface area contributed by atoms with Crippen molar-refractivity contribution in [2.75, 3.05) is 6.61 Å². The maximum absolute atomic E-state index is 13.4. The number of rotatable bonds is 19. The number of ketones is 1. The number of aliphatic hydroxyl groups excluding tert-OH is 1. The van der Waals surface area contributed by atoms with E-state index in [1.54, 1.807) is 24.3 Å². The minimum atomic E-state index is -5.70. The Morgan fingerprint density at radius 1 is 1.04 bits per heavy atom. The van der Waals surface area contributed by atoms with Gasteiger partial charge in [0.25, 0.3) is 0 Å². The lowest BCUT2D eigenvalue weighted by molar-refractivity contribution is -0.284. The molecule has 50 heavy (non-hydrogen) atoms. The summed E-state index contributed by atoms with van der Waals surface area (Å²) in [5, 5.41) is 29.8. The van der Waals surface area contributed by atoms with Crippen molar-refractivity contribution in [1.82, 2.24) is 0 Å². The zero-order valence-electron chi connectivity index (χ0n) is 27.5. The number of halogens is 5. The van der Waals surface area contributed by atoms with E-state index in [1.165, 1.54) is 31.2 Å². The van der Waals surface area contributed by atoms with Crippen LogP contribution in [0.2, 0.25) is 0 Å². The van der Waals surface area contributed by atoms with Gasteiger partial charge in [-0.3, -0.25) is 9.59 Å². The quantitative estimate of drug-likeness (QED) is 0.0364. The Hall–Kier alpha value is -4.17. The Labute approximate surface area is 289 Å². The van der Waals surface area contributed by atoms with Crippen molar-refractivity contribution in [2.45, 2.75) is 93.6 Å². The molecule has 272 valence electrons. The molecule has 3 N–H and O–H groups in total. The summed E-state index contributed by atoms with van der Waals surface area (Å²) in [7, 11) is 0. The monoisotopic (exact) mass is 726 g/mol. The first-order chi connectivity index (χ1) is 23.6. The molecule has 2 aromatic carbocycles. The molecule has 0 amide bonds. The van der Waals surface area contributed by atoms with Crippen LogP contribution in [0.5, 0.6) is 11.5 Å². The highest BCUT2D eigenvalue weighted by Gasteiger charge is 2.56. The Kier molecular flexibility index (Phi) is 14.6. The predicted octanol–water partition coefficient (Wildman–Crippen LogP) is 8.90. The molecule has 0 unspecified atom stereocenters. The number of thioether (sulfide) groups is 1. The van der Waals surface area contributed by atoms with Crippen LogP contribution in [0, 0.1) is 0 Å². The lowest BCUT2D eigenvalue weighted by atomic mass is 10.0. The number of fused-ring (bicyclic) bond motifs is 1. The van der Waals surface area contributed by atoms with E-state index in [2.05, 4.69) is 0 Å². The Morgan fingerprint density at radius 3 is 2.44 bits per heavy atom. The highest BCUT2D eigenvalue weighted by Crippen LogP contribution is 2.40. The molecular weight excluding hydrogens is 687 g/mol. The third kappa shape index (κ3) is 11.2. The molecule has 0 aliphatic rings. The smallest absolute Gasteiger partial charge is 0.453 e. The van der Waals surface area contributed by atoms with E-state index in [1.807, 2.05) is 13.0 Å². The van der Waals surface area contributed by atoms with Gasteiger partial charge in [-0.15, -0.1) is 11.8 Å². The SMILES string of the molecule is CCCc1c(OCCCC/C=C\C=C\[C@H](Sc2ccc3c(=O)cc(C(=O)O)oc3c2)[C@H](O)CCCC(F)(F)C(F)(F)F)ccc(C(C)=O)c1O. The molecule has 0 bridgehead atoms. The first-order valence-electron chi connectivity index (χ1n) is 16.0. The normalized spacial score (nSPS) is 13.7. The van der Waals surface area contributed by atoms with Crippen LogP contribution in [0.1, 0.15) is 85.3 Å². The number of carboxylic acids is 1. The van der Waals surface area contributed by atoms with E-state index in [-0.39, 0.29) is 34.5 Å². The summed E-state index contributed by atoms with van der Waals surface area (Å²) in [6.07, 6.45) is 0.609. The fourth-order valence-electron chi connectivity index (χ4n) is 4.98. The van der Waals surface area contributed by atoms with E-state index < -0.39 is 53.5 Å². The first-order valence-corrected chi connectivity index (χ1v) is 16.9. The van der Waals surface area contributed by atoms with Crippen molar-refractivity contribution in [2.24, 2.45) is 0 Å². The second kappa shape index (κ2) is 18.2. The Morgan fingerprint density at radius 2 is 1.78 bits per heavy atom. The van der Waals surface area contributed by atoms with Crippen LogP contribution in [0.25, 0.3) is 11.0 Å². The largest absolute Gasteiger partial charge is 0.507 e. The number of carboxylic acid groups (broad SMARTS) is 1. The molecule has 0 radical (unpaired) electrons. The zero-order valence-corrected chi connectivity index (χ0v) is 28.3.